The lowest BCUT2D eigenvalue weighted by Gasteiger charge is -2.34. The number of hydrogen-bond donors (Lipinski definition) is 1. The fourth-order valence-corrected chi connectivity index (χ4v) is 6.60. The third-order valence-corrected chi connectivity index (χ3v) is 9.05. The van der Waals surface area contributed by atoms with Gasteiger partial charge in [0.25, 0.3) is 10.0 Å². The minimum atomic E-state index is -4.25. The Hall–Kier alpha value is -4.21. The van der Waals surface area contributed by atoms with Crippen LogP contribution in [0.5, 0.6) is 0 Å². The number of rotatable bonds is 12. The fraction of sp³-hybridized carbons (Fsp3) is 0.235. The van der Waals surface area contributed by atoms with Crippen LogP contribution in [0.15, 0.2) is 108 Å². The molecule has 10 heteroatoms. The van der Waals surface area contributed by atoms with Crippen LogP contribution in [0.1, 0.15) is 30.5 Å². The maximum atomic E-state index is 15.0. The Balaban J connectivity index is 1.83. The van der Waals surface area contributed by atoms with Crippen molar-refractivity contribution in [2.24, 2.45) is 0 Å². The van der Waals surface area contributed by atoms with Gasteiger partial charge in [-0.05, 0) is 68.3 Å². The molecule has 0 radical (unpaired) electrons. The van der Waals surface area contributed by atoms with Gasteiger partial charge in [-0.2, -0.15) is 0 Å². The molecule has 1 atom stereocenters. The van der Waals surface area contributed by atoms with Gasteiger partial charge in [0.2, 0.25) is 11.8 Å². The molecule has 7 nitrogen and oxygen atoms in total. The van der Waals surface area contributed by atoms with Gasteiger partial charge in [0.1, 0.15) is 18.4 Å². The molecule has 44 heavy (non-hydrogen) atoms. The molecule has 0 unspecified atom stereocenters. The van der Waals surface area contributed by atoms with E-state index in [0.717, 1.165) is 9.87 Å². The summed E-state index contributed by atoms with van der Waals surface area (Å²) < 4.78 is 44.1. The molecule has 0 aromatic heterocycles. The normalized spacial score (nSPS) is 12.0. The van der Waals surface area contributed by atoms with E-state index in [9.17, 15) is 22.4 Å². The number of anilines is 1. The first kappa shape index (κ1) is 32.7. The van der Waals surface area contributed by atoms with E-state index in [1.54, 1.807) is 63.2 Å². The topological polar surface area (TPSA) is 86.8 Å². The number of aryl methyl sites for hydroxylation is 1. The molecule has 0 aliphatic carbocycles. The third-order valence-electron chi connectivity index (χ3n) is 7.04. The van der Waals surface area contributed by atoms with Crippen molar-refractivity contribution in [2.45, 2.75) is 50.7 Å². The van der Waals surface area contributed by atoms with Crippen molar-refractivity contribution in [3.05, 3.63) is 131 Å². The summed E-state index contributed by atoms with van der Waals surface area (Å²) in [5, 5.41) is 3.29. The molecule has 0 fully saturated rings. The average molecular weight is 636 g/mol. The Morgan fingerprint density at radius 1 is 0.886 bits per heavy atom. The zero-order valence-electron chi connectivity index (χ0n) is 24.8. The number of nitrogens with one attached hydrogen (secondary N) is 1. The molecule has 0 saturated heterocycles. The summed E-state index contributed by atoms with van der Waals surface area (Å²) >= 11 is 6.19. The molecule has 0 aliphatic heterocycles. The van der Waals surface area contributed by atoms with Gasteiger partial charge in [0.05, 0.1) is 10.6 Å². The van der Waals surface area contributed by atoms with E-state index < -0.39 is 40.2 Å². The maximum absolute atomic E-state index is 15.0. The minimum absolute atomic E-state index is 0.0128. The van der Waals surface area contributed by atoms with Crippen LogP contribution in [0, 0.1) is 12.7 Å². The van der Waals surface area contributed by atoms with E-state index in [-0.39, 0.29) is 35.2 Å². The summed E-state index contributed by atoms with van der Waals surface area (Å²) in [5.74, 6) is -1.66. The highest BCUT2D eigenvalue weighted by Crippen LogP contribution is 2.29. The number of amides is 2. The van der Waals surface area contributed by atoms with Crippen molar-refractivity contribution >= 4 is 39.1 Å². The third kappa shape index (κ3) is 8.03. The average Bonchev–Trinajstić information content (AvgIpc) is 2.99. The Morgan fingerprint density at radius 2 is 1.50 bits per heavy atom. The Morgan fingerprint density at radius 3 is 2.11 bits per heavy atom. The molecular weight excluding hydrogens is 601 g/mol. The standard InChI is InChI=1S/C34H35ClFN3O4S/c1-24(2)37-34(41)32(21-26-12-6-4-7-13-26)38(22-27-14-10-11-17-30(27)36)33(40)23-39(31-19-18-28(35)20-25(31)3)44(42,43)29-15-8-5-9-16-29/h4-20,24,32H,21-23H2,1-3H3,(H,37,41)/t32-/m0/s1. The highest BCUT2D eigenvalue weighted by atomic mass is 35.5. The quantitative estimate of drug-likeness (QED) is 0.202. The van der Waals surface area contributed by atoms with Crippen molar-refractivity contribution in [1.82, 2.24) is 10.2 Å². The summed E-state index contributed by atoms with van der Waals surface area (Å²) in [6, 6.07) is 26.3. The number of carbonyl (C=O) groups excluding carboxylic acids is 2. The Labute approximate surface area is 263 Å². The highest BCUT2D eigenvalue weighted by molar-refractivity contribution is 7.92. The largest absolute Gasteiger partial charge is 0.352 e. The molecule has 4 aromatic carbocycles. The Bertz CT molecular complexity index is 1700. The molecule has 0 bridgehead atoms. The molecule has 4 aromatic rings. The van der Waals surface area contributed by atoms with Crippen molar-refractivity contribution in [3.63, 3.8) is 0 Å². The highest BCUT2D eigenvalue weighted by Gasteiger charge is 2.35. The second-order valence-corrected chi connectivity index (χ2v) is 13.0. The Kier molecular flexibility index (Phi) is 10.8. The van der Waals surface area contributed by atoms with Crippen LogP contribution in [0.3, 0.4) is 0 Å². The van der Waals surface area contributed by atoms with E-state index in [2.05, 4.69) is 5.32 Å². The van der Waals surface area contributed by atoms with Gasteiger partial charge in [-0.25, -0.2) is 12.8 Å². The van der Waals surface area contributed by atoms with Gasteiger partial charge < -0.3 is 10.2 Å². The smallest absolute Gasteiger partial charge is 0.264 e. The second kappa shape index (κ2) is 14.5. The summed E-state index contributed by atoms with van der Waals surface area (Å²) in [6.45, 7) is 4.41. The van der Waals surface area contributed by atoms with E-state index >= 15 is 0 Å². The zero-order valence-corrected chi connectivity index (χ0v) is 26.4. The molecule has 2 amide bonds. The summed E-state index contributed by atoms with van der Waals surface area (Å²) in [6.07, 6.45) is 0.130. The van der Waals surface area contributed by atoms with Gasteiger partial charge in [0, 0.05) is 29.6 Å². The van der Waals surface area contributed by atoms with Crippen LogP contribution in [0.25, 0.3) is 0 Å². The number of sulfonamides is 1. The van der Waals surface area contributed by atoms with Crippen molar-refractivity contribution in [2.75, 3.05) is 10.8 Å². The number of nitrogens with zero attached hydrogens (tertiary/aromatic N) is 2. The number of halogens is 2. The van der Waals surface area contributed by atoms with Crippen molar-refractivity contribution < 1.29 is 22.4 Å². The lowest BCUT2D eigenvalue weighted by Crippen LogP contribution is -2.54. The van der Waals surface area contributed by atoms with E-state index in [1.165, 1.54) is 35.2 Å². The van der Waals surface area contributed by atoms with Gasteiger partial charge >= 0.3 is 0 Å². The van der Waals surface area contributed by atoms with Crippen LogP contribution >= 0.6 is 11.6 Å². The van der Waals surface area contributed by atoms with Crippen LogP contribution in [-0.4, -0.2) is 43.8 Å². The van der Waals surface area contributed by atoms with Gasteiger partial charge in [-0.15, -0.1) is 0 Å². The van der Waals surface area contributed by atoms with Crippen LogP contribution in [-0.2, 0) is 32.6 Å². The van der Waals surface area contributed by atoms with Crippen LogP contribution < -0.4 is 9.62 Å². The lowest BCUT2D eigenvalue weighted by molar-refractivity contribution is -0.140. The first-order chi connectivity index (χ1) is 21.0. The molecule has 0 spiro atoms. The molecule has 1 N–H and O–H groups in total. The predicted octanol–water partition coefficient (Wildman–Crippen LogP) is 6.15. The molecule has 0 heterocycles. The van der Waals surface area contributed by atoms with Crippen LogP contribution in [0.2, 0.25) is 5.02 Å². The number of hydrogen-bond acceptors (Lipinski definition) is 4. The lowest BCUT2D eigenvalue weighted by atomic mass is 10.0. The van der Waals surface area contributed by atoms with Gasteiger partial charge in [-0.1, -0.05) is 78.3 Å². The first-order valence-corrected chi connectivity index (χ1v) is 16.0. The van der Waals surface area contributed by atoms with Crippen molar-refractivity contribution in [1.29, 1.82) is 0 Å². The summed E-state index contributed by atoms with van der Waals surface area (Å²) in [7, 11) is -4.25. The van der Waals surface area contributed by atoms with Gasteiger partial charge in [0.15, 0.2) is 0 Å². The number of benzene rings is 4. The minimum Gasteiger partial charge on any atom is -0.352 e. The summed E-state index contributed by atoms with van der Waals surface area (Å²) in [5.41, 5.74) is 1.76. The van der Waals surface area contributed by atoms with Crippen LogP contribution in [0.4, 0.5) is 10.1 Å². The monoisotopic (exact) mass is 635 g/mol. The maximum Gasteiger partial charge on any atom is 0.264 e. The first-order valence-electron chi connectivity index (χ1n) is 14.2. The SMILES string of the molecule is Cc1cc(Cl)ccc1N(CC(=O)N(Cc1ccccc1F)[C@@H](Cc1ccccc1)C(=O)NC(C)C)S(=O)(=O)c1ccccc1. The van der Waals surface area contributed by atoms with E-state index in [1.807, 2.05) is 30.3 Å². The van der Waals surface area contributed by atoms with E-state index in [4.69, 9.17) is 11.6 Å². The molecule has 4 rings (SSSR count). The fourth-order valence-electron chi connectivity index (χ4n) is 4.88. The van der Waals surface area contributed by atoms with Gasteiger partial charge in [-0.3, -0.25) is 13.9 Å². The predicted molar refractivity (Wildman–Crippen MR) is 171 cm³/mol. The zero-order chi connectivity index (χ0) is 31.9. The molecular formula is C34H35ClFN3O4S. The molecule has 0 saturated carbocycles. The van der Waals surface area contributed by atoms with E-state index in [0.29, 0.717) is 10.6 Å². The molecule has 230 valence electrons. The molecule has 0 aliphatic rings. The number of carbonyl (C=O) groups is 2. The second-order valence-electron chi connectivity index (χ2n) is 10.7. The summed E-state index contributed by atoms with van der Waals surface area (Å²) in [4.78, 5) is 29.4. The van der Waals surface area contributed by atoms with Crippen molar-refractivity contribution in [3.8, 4) is 0 Å².